The van der Waals surface area contributed by atoms with Gasteiger partial charge in [0.2, 0.25) is 0 Å². The van der Waals surface area contributed by atoms with Crippen LogP contribution in [0.15, 0.2) is 23.7 Å². The number of aromatic nitrogens is 2. The van der Waals surface area contributed by atoms with Gasteiger partial charge >= 0.3 is 0 Å². The Morgan fingerprint density at radius 3 is 2.75 bits per heavy atom. The molecule has 0 amide bonds. The van der Waals surface area contributed by atoms with Crippen LogP contribution >= 0.6 is 11.3 Å². The quantitative estimate of drug-likeness (QED) is 0.684. The average Bonchev–Trinajstić information content (AvgIpc) is 3.20. The van der Waals surface area contributed by atoms with Gasteiger partial charge in [-0.25, -0.2) is 0 Å². The van der Waals surface area contributed by atoms with Gasteiger partial charge in [0.1, 0.15) is 0 Å². The maximum Gasteiger partial charge on any atom is 0.0912 e. The Labute approximate surface area is 146 Å². The molecule has 1 aliphatic rings. The monoisotopic (exact) mass is 341 g/mol. The Morgan fingerprint density at radius 1 is 1.38 bits per heavy atom. The molecule has 0 bridgehead atoms. The van der Waals surface area contributed by atoms with Crippen molar-refractivity contribution in [3.8, 4) is 6.07 Å². The molecular weight excluding hydrogens is 318 g/mol. The number of pyridine rings is 1. The summed E-state index contributed by atoms with van der Waals surface area (Å²) in [5.41, 5.74) is 3.39. The number of nitrogens with zero attached hydrogens (tertiary/aromatic N) is 3. The van der Waals surface area contributed by atoms with Gasteiger partial charge in [-0.2, -0.15) is 5.26 Å². The number of fused-ring (bicyclic) bond motifs is 3. The van der Waals surface area contributed by atoms with E-state index in [1.807, 2.05) is 13.1 Å². The zero-order valence-corrected chi connectivity index (χ0v) is 15.0. The largest absolute Gasteiger partial charge is 0.387 e. The molecule has 1 fully saturated rings. The van der Waals surface area contributed by atoms with E-state index >= 15 is 0 Å². The van der Waals surface area contributed by atoms with E-state index in [2.05, 4.69) is 27.1 Å². The molecular formula is C19H23N3OS. The summed E-state index contributed by atoms with van der Waals surface area (Å²) in [6.07, 6.45) is 7.89. The third kappa shape index (κ3) is 3.04. The van der Waals surface area contributed by atoms with Crippen molar-refractivity contribution >= 4 is 32.5 Å². The van der Waals surface area contributed by atoms with Crippen LogP contribution < -0.4 is 0 Å². The normalized spacial score (nSPS) is 16.6. The zero-order chi connectivity index (χ0) is 17.1. The molecule has 3 aromatic rings. The van der Waals surface area contributed by atoms with E-state index in [1.54, 1.807) is 17.4 Å². The number of aliphatic hydroxyl groups is 1. The summed E-state index contributed by atoms with van der Waals surface area (Å²) in [5, 5.41) is 20.8. The molecule has 1 unspecified atom stereocenters. The smallest absolute Gasteiger partial charge is 0.0912 e. The van der Waals surface area contributed by atoms with E-state index in [0.717, 1.165) is 16.6 Å². The Morgan fingerprint density at radius 2 is 2.08 bits per heavy atom. The standard InChI is InChI=1S/C17H20N2OS.C2H3N/c1-11(20)15-9-12-10-18-14-7-8-21-17(14)16(12)19(15)13-5-3-2-4-6-13;1-2-3/h7-11,13,20H,2-6H2,1H3;1H3. The van der Waals surface area contributed by atoms with Crippen molar-refractivity contribution in [1.29, 1.82) is 5.26 Å². The van der Waals surface area contributed by atoms with Gasteiger partial charge in [-0.3, -0.25) is 4.98 Å². The molecule has 1 saturated carbocycles. The maximum atomic E-state index is 10.2. The van der Waals surface area contributed by atoms with Crippen molar-refractivity contribution in [2.24, 2.45) is 0 Å². The Bertz CT molecular complexity index is 866. The molecule has 1 N–H and O–H groups in total. The van der Waals surface area contributed by atoms with Crippen LogP contribution in [0.25, 0.3) is 21.1 Å². The summed E-state index contributed by atoms with van der Waals surface area (Å²) in [5.74, 6) is 0. The van der Waals surface area contributed by atoms with Crippen molar-refractivity contribution in [3.05, 3.63) is 29.4 Å². The number of hydrogen-bond acceptors (Lipinski definition) is 4. The number of thiophene rings is 1. The zero-order valence-electron chi connectivity index (χ0n) is 14.2. The average molecular weight is 341 g/mol. The summed E-state index contributed by atoms with van der Waals surface area (Å²) in [6, 6.07) is 6.48. The summed E-state index contributed by atoms with van der Waals surface area (Å²) < 4.78 is 3.67. The minimum absolute atomic E-state index is 0.436. The molecule has 1 aliphatic carbocycles. The molecule has 126 valence electrons. The summed E-state index contributed by atoms with van der Waals surface area (Å²) in [7, 11) is 0. The molecule has 1 atom stereocenters. The van der Waals surface area contributed by atoms with Crippen molar-refractivity contribution < 1.29 is 5.11 Å². The van der Waals surface area contributed by atoms with Gasteiger partial charge < -0.3 is 9.67 Å². The van der Waals surface area contributed by atoms with Crippen molar-refractivity contribution in [1.82, 2.24) is 9.55 Å². The Hall–Kier alpha value is -1.90. The maximum absolute atomic E-state index is 10.2. The van der Waals surface area contributed by atoms with Crippen LogP contribution in [0.1, 0.15) is 63.8 Å². The first kappa shape index (κ1) is 16.9. The van der Waals surface area contributed by atoms with Gasteiger partial charge in [-0.15, -0.1) is 11.3 Å². The van der Waals surface area contributed by atoms with Crippen LogP contribution in [0.4, 0.5) is 0 Å². The molecule has 24 heavy (non-hydrogen) atoms. The molecule has 5 heteroatoms. The van der Waals surface area contributed by atoms with Crippen LogP contribution in [0.5, 0.6) is 0 Å². The summed E-state index contributed by atoms with van der Waals surface area (Å²) in [4.78, 5) is 4.54. The van der Waals surface area contributed by atoms with E-state index in [4.69, 9.17) is 5.26 Å². The fraction of sp³-hybridized carbons (Fsp3) is 0.474. The van der Waals surface area contributed by atoms with E-state index in [9.17, 15) is 5.11 Å². The third-order valence-corrected chi connectivity index (χ3v) is 5.58. The highest BCUT2D eigenvalue weighted by Gasteiger charge is 2.23. The van der Waals surface area contributed by atoms with E-state index in [0.29, 0.717) is 6.04 Å². The van der Waals surface area contributed by atoms with Gasteiger partial charge in [0.15, 0.2) is 0 Å². The molecule has 4 nitrogen and oxygen atoms in total. The molecule has 0 aliphatic heterocycles. The first-order chi connectivity index (χ1) is 11.7. The Kier molecular flexibility index (Phi) is 5.17. The fourth-order valence-electron chi connectivity index (χ4n) is 3.68. The SMILES string of the molecule is CC#N.CC(O)c1cc2cnc3ccsc3c2n1C1CCCCC1. The van der Waals surface area contributed by atoms with E-state index < -0.39 is 6.10 Å². The van der Waals surface area contributed by atoms with Gasteiger partial charge in [-0.1, -0.05) is 19.3 Å². The van der Waals surface area contributed by atoms with Crippen LogP contribution in [0, 0.1) is 11.3 Å². The lowest BCUT2D eigenvalue weighted by molar-refractivity contribution is 0.183. The first-order valence-electron chi connectivity index (χ1n) is 8.53. The first-order valence-corrected chi connectivity index (χ1v) is 9.41. The van der Waals surface area contributed by atoms with Gasteiger partial charge in [0.05, 0.1) is 27.9 Å². The highest BCUT2D eigenvalue weighted by atomic mass is 32.1. The van der Waals surface area contributed by atoms with Gasteiger partial charge in [0.25, 0.3) is 0 Å². The van der Waals surface area contributed by atoms with E-state index in [1.165, 1.54) is 49.2 Å². The van der Waals surface area contributed by atoms with Crippen molar-refractivity contribution in [3.63, 3.8) is 0 Å². The van der Waals surface area contributed by atoms with Gasteiger partial charge in [0, 0.05) is 30.2 Å². The van der Waals surface area contributed by atoms with Crippen LogP contribution in [0.3, 0.4) is 0 Å². The number of hydrogen-bond donors (Lipinski definition) is 1. The topological polar surface area (TPSA) is 61.8 Å². The highest BCUT2D eigenvalue weighted by molar-refractivity contribution is 7.18. The lowest BCUT2D eigenvalue weighted by Gasteiger charge is -2.27. The minimum atomic E-state index is -0.436. The fourth-order valence-corrected chi connectivity index (χ4v) is 4.58. The second-order valence-electron chi connectivity index (χ2n) is 6.33. The predicted octanol–water partition coefficient (Wildman–Crippen LogP) is 5.34. The summed E-state index contributed by atoms with van der Waals surface area (Å²) >= 11 is 1.76. The molecule has 3 heterocycles. The number of aliphatic hydroxyl groups excluding tert-OH is 1. The molecule has 0 radical (unpaired) electrons. The molecule has 3 aromatic heterocycles. The van der Waals surface area contributed by atoms with Crippen LogP contribution in [-0.4, -0.2) is 14.7 Å². The van der Waals surface area contributed by atoms with E-state index in [-0.39, 0.29) is 0 Å². The molecule has 0 aromatic carbocycles. The Balaban J connectivity index is 0.000000526. The lowest BCUT2D eigenvalue weighted by atomic mass is 9.95. The van der Waals surface area contributed by atoms with Crippen LogP contribution in [-0.2, 0) is 0 Å². The van der Waals surface area contributed by atoms with Crippen LogP contribution in [0.2, 0.25) is 0 Å². The molecule has 4 rings (SSSR count). The second kappa shape index (κ2) is 7.33. The van der Waals surface area contributed by atoms with Crippen molar-refractivity contribution in [2.45, 2.75) is 58.1 Å². The predicted molar refractivity (Wildman–Crippen MR) is 99.2 cm³/mol. The summed E-state index contributed by atoms with van der Waals surface area (Å²) in [6.45, 7) is 3.30. The number of nitriles is 1. The van der Waals surface area contributed by atoms with Gasteiger partial charge in [-0.05, 0) is 37.3 Å². The number of rotatable bonds is 2. The second-order valence-corrected chi connectivity index (χ2v) is 7.24. The molecule has 0 saturated heterocycles. The lowest BCUT2D eigenvalue weighted by Crippen LogP contribution is -2.16. The highest BCUT2D eigenvalue weighted by Crippen LogP contribution is 2.39. The molecule has 0 spiro atoms. The minimum Gasteiger partial charge on any atom is -0.387 e. The van der Waals surface area contributed by atoms with Crippen molar-refractivity contribution in [2.75, 3.05) is 0 Å². The third-order valence-electron chi connectivity index (χ3n) is 4.67.